The van der Waals surface area contributed by atoms with Crippen LogP contribution >= 0.6 is 11.6 Å². The summed E-state index contributed by atoms with van der Waals surface area (Å²) in [6, 6.07) is 5.03. The van der Waals surface area contributed by atoms with E-state index in [1.54, 1.807) is 19.2 Å². The second-order valence-electron chi connectivity index (χ2n) is 5.17. The van der Waals surface area contributed by atoms with E-state index < -0.39 is 0 Å². The number of benzene rings is 1. The lowest BCUT2D eigenvalue weighted by Gasteiger charge is -2.47. The van der Waals surface area contributed by atoms with Gasteiger partial charge in [-0.15, -0.1) is 0 Å². The molecule has 1 aromatic carbocycles. The van der Waals surface area contributed by atoms with E-state index >= 15 is 0 Å². The largest absolute Gasteiger partial charge is 0.377 e. The van der Waals surface area contributed by atoms with Crippen molar-refractivity contribution in [1.29, 1.82) is 0 Å². The van der Waals surface area contributed by atoms with E-state index in [-0.39, 0.29) is 17.5 Å². The lowest BCUT2D eigenvalue weighted by atomic mass is 9.72. The maximum Gasteiger partial charge on any atom is 0.127 e. The quantitative estimate of drug-likeness (QED) is 0.863. The molecule has 0 spiro atoms. The van der Waals surface area contributed by atoms with Gasteiger partial charge in [-0.3, -0.25) is 0 Å². The van der Waals surface area contributed by atoms with Crippen LogP contribution in [0.15, 0.2) is 18.2 Å². The number of hydrogen-bond donors (Lipinski definition) is 1. The van der Waals surface area contributed by atoms with Crippen molar-refractivity contribution in [3.63, 3.8) is 0 Å². The van der Waals surface area contributed by atoms with Gasteiger partial charge in [0.1, 0.15) is 5.82 Å². The average Bonchev–Trinajstić information content (AvgIpc) is 2.32. The zero-order valence-corrected chi connectivity index (χ0v) is 12.3. The van der Waals surface area contributed by atoms with Gasteiger partial charge in [0.2, 0.25) is 0 Å². The molecule has 0 heterocycles. The van der Waals surface area contributed by atoms with E-state index in [0.29, 0.717) is 17.0 Å². The molecule has 0 aliphatic heterocycles. The van der Waals surface area contributed by atoms with Crippen LogP contribution < -0.4 is 5.32 Å². The molecule has 1 fully saturated rings. The van der Waals surface area contributed by atoms with Gasteiger partial charge < -0.3 is 10.1 Å². The first kappa shape index (κ1) is 14.8. The Kier molecular flexibility index (Phi) is 4.82. The molecular weight excluding hydrogens is 265 g/mol. The van der Waals surface area contributed by atoms with Gasteiger partial charge in [-0.1, -0.05) is 24.6 Å². The van der Waals surface area contributed by atoms with Crippen molar-refractivity contribution in [3.05, 3.63) is 34.6 Å². The van der Waals surface area contributed by atoms with Crippen molar-refractivity contribution >= 4 is 11.6 Å². The molecule has 1 atom stereocenters. The number of rotatable bonds is 6. The molecule has 2 rings (SSSR count). The molecule has 1 aliphatic carbocycles. The van der Waals surface area contributed by atoms with Crippen LogP contribution in [0.5, 0.6) is 0 Å². The van der Waals surface area contributed by atoms with E-state index in [4.69, 9.17) is 16.3 Å². The molecule has 19 heavy (non-hydrogen) atoms. The fourth-order valence-corrected chi connectivity index (χ4v) is 2.98. The first-order chi connectivity index (χ1) is 9.11. The lowest BCUT2D eigenvalue weighted by molar-refractivity contribution is -0.0979. The van der Waals surface area contributed by atoms with Gasteiger partial charge in [-0.25, -0.2) is 4.39 Å². The van der Waals surface area contributed by atoms with Gasteiger partial charge in [0.25, 0.3) is 0 Å². The molecule has 1 unspecified atom stereocenters. The summed E-state index contributed by atoms with van der Waals surface area (Å²) in [6.07, 6.45) is 3.89. The highest BCUT2D eigenvalue weighted by Crippen LogP contribution is 2.39. The molecule has 1 aliphatic rings. The molecule has 0 amide bonds. The zero-order valence-electron chi connectivity index (χ0n) is 11.5. The minimum absolute atomic E-state index is 0.137. The number of ether oxygens (including phenoxy) is 1. The van der Waals surface area contributed by atoms with Crippen LogP contribution in [0.1, 0.15) is 31.7 Å². The van der Waals surface area contributed by atoms with Gasteiger partial charge in [0, 0.05) is 18.2 Å². The Morgan fingerprint density at radius 3 is 2.68 bits per heavy atom. The van der Waals surface area contributed by atoms with Gasteiger partial charge in [-0.2, -0.15) is 0 Å². The van der Waals surface area contributed by atoms with Crippen LogP contribution in [-0.4, -0.2) is 25.3 Å². The second kappa shape index (κ2) is 6.21. The van der Waals surface area contributed by atoms with E-state index in [1.807, 2.05) is 0 Å². The second-order valence-corrected chi connectivity index (χ2v) is 5.61. The predicted molar refractivity (Wildman–Crippen MR) is 76.2 cm³/mol. The Morgan fingerprint density at radius 1 is 1.47 bits per heavy atom. The molecule has 106 valence electrons. The third-order valence-corrected chi connectivity index (χ3v) is 4.37. The topological polar surface area (TPSA) is 21.3 Å². The minimum Gasteiger partial charge on any atom is -0.377 e. The van der Waals surface area contributed by atoms with Gasteiger partial charge in [0.15, 0.2) is 0 Å². The fourth-order valence-electron chi connectivity index (χ4n) is 2.82. The van der Waals surface area contributed by atoms with Gasteiger partial charge >= 0.3 is 0 Å². The molecule has 4 heteroatoms. The van der Waals surface area contributed by atoms with E-state index in [1.165, 1.54) is 12.5 Å². The Labute approximate surface area is 119 Å². The predicted octanol–water partition coefficient (Wildman–Crippen LogP) is 3.57. The molecule has 1 N–H and O–H groups in total. The van der Waals surface area contributed by atoms with Crippen molar-refractivity contribution in [3.8, 4) is 0 Å². The highest BCUT2D eigenvalue weighted by atomic mass is 35.5. The van der Waals surface area contributed by atoms with Crippen LogP contribution in [0.3, 0.4) is 0 Å². The standard InChI is InChI=1S/C15H21ClFNO/c1-3-18-14(15(19-2)7-4-8-15)9-11-5-6-12(16)10-13(11)17/h5-6,10,14,18H,3-4,7-9H2,1-2H3. The monoisotopic (exact) mass is 285 g/mol. The number of halogens is 2. The maximum atomic E-state index is 13.9. The summed E-state index contributed by atoms with van der Waals surface area (Å²) in [5, 5.41) is 3.88. The van der Waals surface area contributed by atoms with Crippen molar-refractivity contribution in [1.82, 2.24) is 5.32 Å². The Balaban J connectivity index is 2.16. The molecule has 2 nitrogen and oxygen atoms in total. The highest BCUT2D eigenvalue weighted by Gasteiger charge is 2.44. The third-order valence-electron chi connectivity index (χ3n) is 4.13. The highest BCUT2D eigenvalue weighted by molar-refractivity contribution is 6.30. The Bertz CT molecular complexity index is 429. The SMILES string of the molecule is CCNC(Cc1ccc(Cl)cc1F)C1(OC)CCC1. The minimum atomic E-state index is -0.235. The Morgan fingerprint density at radius 2 is 2.21 bits per heavy atom. The average molecular weight is 286 g/mol. The maximum absolute atomic E-state index is 13.9. The third kappa shape index (κ3) is 3.10. The van der Waals surface area contributed by atoms with Gasteiger partial charge in [0.05, 0.1) is 5.60 Å². The zero-order chi connectivity index (χ0) is 13.9. The van der Waals surface area contributed by atoms with E-state index in [9.17, 15) is 4.39 Å². The molecular formula is C15H21ClFNO. The number of likely N-dealkylation sites (N-methyl/N-ethyl adjacent to an activating group) is 1. The normalized spacial score (nSPS) is 18.9. The number of nitrogens with one attached hydrogen (secondary N) is 1. The number of methoxy groups -OCH3 is 1. The lowest BCUT2D eigenvalue weighted by Crippen LogP contribution is -2.57. The summed E-state index contributed by atoms with van der Waals surface area (Å²) in [7, 11) is 1.75. The summed E-state index contributed by atoms with van der Waals surface area (Å²) < 4.78 is 19.6. The van der Waals surface area contributed by atoms with Crippen molar-refractivity contribution in [2.24, 2.45) is 0 Å². The summed E-state index contributed by atoms with van der Waals surface area (Å²) in [6.45, 7) is 2.91. The summed E-state index contributed by atoms with van der Waals surface area (Å²) in [5.74, 6) is -0.235. The summed E-state index contributed by atoms with van der Waals surface area (Å²) >= 11 is 5.79. The van der Waals surface area contributed by atoms with Crippen LogP contribution in [-0.2, 0) is 11.2 Å². The summed E-state index contributed by atoms with van der Waals surface area (Å²) in [5.41, 5.74) is 0.556. The molecule has 0 bridgehead atoms. The van der Waals surface area contributed by atoms with E-state index in [0.717, 1.165) is 19.4 Å². The van der Waals surface area contributed by atoms with Crippen molar-refractivity contribution in [2.45, 2.75) is 44.2 Å². The fraction of sp³-hybridized carbons (Fsp3) is 0.600. The first-order valence-corrected chi connectivity index (χ1v) is 7.21. The molecule has 0 radical (unpaired) electrons. The van der Waals surface area contributed by atoms with Crippen LogP contribution in [0.2, 0.25) is 5.02 Å². The van der Waals surface area contributed by atoms with Crippen LogP contribution in [0.4, 0.5) is 4.39 Å². The molecule has 0 aromatic heterocycles. The molecule has 1 aromatic rings. The van der Waals surface area contributed by atoms with Crippen LogP contribution in [0.25, 0.3) is 0 Å². The van der Waals surface area contributed by atoms with Crippen LogP contribution in [0, 0.1) is 5.82 Å². The van der Waals surface area contributed by atoms with Gasteiger partial charge in [-0.05, 0) is 49.9 Å². The Hall–Kier alpha value is -0.640. The van der Waals surface area contributed by atoms with Crippen molar-refractivity contribution in [2.75, 3.05) is 13.7 Å². The first-order valence-electron chi connectivity index (χ1n) is 6.84. The van der Waals surface area contributed by atoms with E-state index in [2.05, 4.69) is 12.2 Å². The van der Waals surface area contributed by atoms with Crippen molar-refractivity contribution < 1.29 is 9.13 Å². The molecule has 1 saturated carbocycles. The number of hydrogen-bond acceptors (Lipinski definition) is 2. The summed E-state index contributed by atoms with van der Waals surface area (Å²) in [4.78, 5) is 0. The molecule has 0 saturated heterocycles. The smallest absolute Gasteiger partial charge is 0.127 e.